The molecule has 2 fully saturated rings. The highest BCUT2D eigenvalue weighted by Gasteiger charge is 2.33. The lowest BCUT2D eigenvalue weighted by atomic mass is 9.86. The van der Waals surface area contributed by atoms with Crippen LogP contribution < -0.4 is 0 Å². The summed E-state index contributed by atoms with van der Waals surface area (Å²) in [6.07, 6.45) is 8.94. The van der Waals surface area contributed by atoms with Gasteiger partial charge in [-0.2, -0.15) is 0 Å². The molecule has 2 unspecified atom stereocenters. The first-order valence-corrected chi connectivity index (χ1v) is 5.42. The van der Waals surface area contributed by atoms with Crippen LogP contribution in [0.5, 0.6) is 0 Å². The third-order valence-electron chi connectivity index (χ3n) is 2.94. The second kappa shape index (κ2) is 2.84. The molecule has 1 heteroatoms. The predicted octanol–water partition coefficient (Wildman–Crippen LogP) is 3.35. The first-order valence-electron chi connectivity index (χ1n) is 4.50. The Balaban J connectivity index is 1.84. The standard InChI is InChI=1S/C9H15Br/c10-9-3-1-2-8(6-9)7-4-5-7/h7-9H,1-6H2. The maximum absolute atomic E-state index is 3.72. The maximum atomic E-state index is 3.72. The van der Waals surface area contributed by atoms with E-state index in [1.165, 1.54) is 38.5 Å². The maximum Gasteiger partial charge on any atom is 0.0148 e. The van der Waals surface area contributed by atoms with E-state index in [0.717, 1.165) is 16.7 Å². The van der Waals surface area contributed by atoms with Gasteiger partial charge in [-0.05, 0) is 37.5 Å². The molecule has 2 rings (SSSR count). The van der Waals surface area contributed by atoms with Crippen LogP contribution in [0.25, 0.3) is 0 Å². The van der Waals surface area contributed by atoms with E-state index in [-0.39, 0.29) is 0 Å². The van der Waals surface area contributed by atoms with Gasteiger partial charge in [0.2, 0.25) is 0 Å². The van der Waals surface area contributed by atoms with E-state index in [9.17, 15) is 0 Å². The van der Waals surface area contributed by atoms with Gasteiger partial charge in [-0.3, -0.25) is 0 Å². The molecule has 0 nitrogen and oxygen atoms in total. The Morgan fingerprint density at radius 3 is 2.30 bits per heavy atom. The molecule has 0 aromatic heterocycles. The minimum atomic E-state index is 0.854. The molecule has 0 N–H and O–H groups in total. The second-order valence-corrected chi connectivity index (χ2v) is 5.16. The van der Waals surface area contributed by atoms with Crippen LogP contribution >= 0.6 is 15.9 Å². The number of rotatable bonds is 1. The van der Waals surface area contributed by atoms with Crippen LogP contribution in [0.3, 0.4) is 0 Å². The Kier molecular flexibility index (Phi) is 2.03. The minimum Gasteiger partial charge on any atom is -0.0891 e. The summed E-state index contributed by atoms with van der Waals surface area (Å²) in [4.78, 5) is 0.854. The van der Waals surface area contributed by atoms with Gasteiger partial charge in [-0.1, -0.05) is 28.8 Å². The smallest absolute Gasteiger partial charge is 0.0148 e. The van der Waals surface area contributed by atoms with E-state index in [4.69, 9.17) is 0 Å². The normalized spacial score (nSPS) is 41.7. The number of alkyl halides is 1. The first-order chi connectivity index (χ1) is 4.86. The third kappa shape index (κ3) is 1.55. The van der Waals surface area contributed by atoms with Gasteiger partial charge in [0.15, 0.2) is 0 Å². The molecule has 2 saturated carbocycles. The summed E-state index contributed by atoms with van der Waals surface area (Å²) in [5.41, 5.74) is 0. The summed E-state index contributed by atoms with van der Waals surface area (Å²) >= 11 is 3.72. The highest BCUT2D eigenvalue weighted by Crippen LogP contribution is 2.45. The molecule has 0 heterocycles. The van der Waals surface area contributed by atoms with Crippen molar-refractivity contribution in [2.45, 2.75) is 43.4 Å². The monoisotopic (exact) mass is 202 g/mol. The third-order valence-corrected chi connectivity index (χ3v) is 3.77. The highest BCUT2D eigenvalue weighted by molar-refractivity contribution is 9.09. The van der Waals surface area contributed by atoms with Crippen molar-refractivity contribution in [2.75, 3.05) is 0 Å². The average Bonchev–Trinajstić information content (AvgIpc) is 2.68. The lowest BCUT2D eigenvalue weighted by Gasteiger charge is -2.25. The van der Waals surface area contributed by atoms with Gasteiger partial charge in [-0.15, -0.1) is 0 Å². The number of hydrogen-bond donors (Lipinski definition) is 0. The summed E-state index contributed by atoms with van der Waals surface area (Å²) in [6, 6.07) is 0. The summed E-state index contributed by atoms with van der Waals surface area (Å²) in [5.74, 6) is 2.23. The summed E-state index contributed by atoms with van der Waals surface area (Å²) < 4.78 is 0. The van der Waals surface area contributed by atoms with Crippen LogP contribution in [0.4, 0.5) is 0 Å². The quantitative estimate of drug-likeness (QED) is 0.573. The molecule has 0 aromatic rings. The van der Waals surface area contributed by atoms with Gasteiger partial charge in [0.05, 0.1) is 0 Å². The SMILES string of the molecule is BrC1CCCC(C2CC2)C1. The van der Waals surface area contributed by atoms with Crippen molar-refractivity contribution in [3.8, 4) is 0 Å². The van der Waals surface area contributed by atoms with Crippen LogP contribution in [0.2, 0.25) is 0 Å². The van der Waals surface area contributed by atoms with Crippen LogP contribution in [0.1, 0.15) is 38.5 Å². The topological polar surface area (TPSA) is 0 Å². The van der Waals surface area contributed by atoms with Crippen molar-refractivity contribution in [3.05, 3.63) is 0 Å². The number of hydrogen-bond acceptors (Lipinski definition) is 0. The molecule has 10 heavy (non-hydrogen) atoms. The molecular weight excluding hydrogens is 188 g/mol. The van der Waals surface area contributed by atoms with E-state index >= 15 is 0 Å². The van der Waals surface area contributed by atoms with Crippen molar-refractivity contribution in [1.29, 1.82) is 0 Å². The fraction of sp³-hybridized carbons (Fsp3) is 1.00. The fourth-order valence-electron chi connectivity index (χ4n) is 2.16. The van der Waals surface area contributed by atoms with Gasteiger partial charge < -0.3 is 0 Å². The molecule has 0 spiro atoms. The van der Waals surface area contributed by atoms with Crippen LogP contribution in [0, 0.1) is 11.8 Å². The van der Waals surface area contributed by atoms with E-state index in [0.29, 0.717) is 0 Å². The van der Waals surface area contributed by atoms with Gasteiger partial charge in [-0.25, -0.2) is 0 Å². The van der Waals surface area contributed by atoms with E-state index in [2.05, 4.69) is 15.9 Å². The Morgan fingerprint density at radius 2 is 1.70 bits per heavy atom. The second-order valence-electron chi connectivity index (χ2n) is 3.86. The van der Waals surface area contributed by atoms with Crippen molar-refractivity contribution in [3.63, 3.8) is 0 Å². The average molecular weight is 203 g/mol. The summed E-state index contributed by atoms with van der Waals surface area (Å²) in [6.45, 7) is 0. The Hall–Kier alpha value is 0.480. The molecule has 0 aliphatic heterocycles. The summed E-state index contributed by atoms with van der Waals surface area (Å²) in [5, 5.41) is 0. The van der Waals surface area contributed by atoms with Crippen LogP contribution in [-0.2, 0) is 0 Å². The van der Waals surface area contributed by atoms with Gasteiger partial charge in [0.1, 0.15) is 0 Å². The molecule has 58 valence electrons. The Labute approximate surface area is 71.5 Å². The van der Waals surface area contributed by atoms with Crippen LogP contribution in [-0.4, -0.2) is 4.83 Å². The van der Waals surface area contributed by atoms with Crippen molar-refractivity contribution < 1.29 is 0 Å². The minimum absolute atomic E-state index is 0.854. The predicted molar refractivity (Wildman–Crippen MR) is 47.4 cm³/mol. The number of halogens is 1. The molecule has 2 aliphatic carbocycles. The highest BCUT2D eigenvalue weighted by atomic mass is 79.9. The van der Waals surface area contributed by atoms with Crippen molar-refractivity contribution in [1.82, 2.24) is 0 Å². The largest absolute Gasteiger partial charge is 0.0891 e. The zero-order valence-corrected chi connectivity index (χ0v) is 7.94. The molecular formula is C9H15Br. The molecule has 0 radical (unpaired) electrons. The molecule has 2 aliphatic rings. The summed E-state index contributed by atoms with van der Waals surface area (Å²) in [7, 11) is 0. The zero-order valence-electron chi connectivity index (χ0n) is 6.35. The van der Waals surface area contributed by atoms with Gasteiger partial charge in [0, 0.05) is 4.83 Å². The molecule has 0 saturated heterocycles. The lowest BCUT2D eigenvalue weighted by Crippen LogP contribution is -2.16. The van der Waals surface area contributed by atoms with Crippen molar-refractivity contribution >= 4 is 15.9 Å². The van der Waals surface area contributed by atoms with Gasteiger partial charge in [0.25, 0.3) is 0 Å². The Morgan fingerprint density at radius 1 is 0.900 bits per heavy atom. The fourth-order valence-corrected chi connectivity index (χ4v) is 2.97. The van der Waals surface area contributed by atoms with Crippen LogP contribution in [0.15, 0.2) is 0 Å². The van der Waals surface area contributed by atoms with Gasteiger partial charge >= 0.3 is 0 Å². The first kappa shape index (κ1) is 7.15. The van der Waals surface area contributed by atoms with E-state index in [1.807, 2.05) is 0 Å². The molecule has 2 atom stereocenters. The lowest BCUT2D eigenvalue weighted by molar-refractivity contribution is 0.332. The van der Waals surface area contributed by atoms with E-state index < -0.39 is 0 Å². The van der Waals surface area contributed by atoms with E-state index in [1.54, 1.807) is 0 Å². The molecule has 0 bridgehead atoms. The zero-order chi connectivity index (χ0) is 6.97. The molecule has 0 aromatic carbocycles. The molecule has 0 amide bonds. The van der Waals surface area contributed by atoms with Crippen molar-refractivity contribution in [2.24, 2.45) is 11.8 Å². The Bertz CT molecular complexity index is 118.